The van der Waals surface area contributed by atoms with E-state index in [2.05, 4.69) is 24.2 Å². The molecule has 0 bridgehead atoms. The molecule has 1 fully saturated rings. The van der Waals surface area contributed by atoms with E-state index in [4.69, 9.17) is 18.0 Å². The fourth-order valence-electron chi connectivity index (χ4n) is 2.30. The summed E-state index contributed by atoms with van der Waals surface area (Å²) in [5.41, 5.74) is 9.02. The molecule has 20 heavy (non-hydrogen) atoms. The number of hydrogen-bond acceptors (Lipinski definition) is 3. The van der Waals surface area contributed by atoms with E-state index in [0.29, 0.717) is 10.9 Å². The molecule has 5 heteroatoms. The third-order valence-electron chi connectivity index (χ3n) is 3.40. The van der Waals surface area contributed by atoms with Crippen molar-refractivity contribution in [1.82, 2.24) is 9.78 Å². The van der Waals surface area contributed by atoms with E-state index < -0.39 is 0 Å². The summed E-state index contributed by atoms with van der Waals surface area (Å²) in [4.78, 5) is 1.56. The predicted octanol–water partition coefficient (Wildman–Crippen LogP) is 3.50. The molecule has 3 nitrogen and oxygen atoms in total. The van der Waals surface area contributed by atoms with Gasteiger partial charge in [0.25, 0.3) is 0 Å². The number of hydrogen-bond donors (Lipinski definition) is 1. The van der Waals surface area contributed by atoms with Crippen LogP contribution in [0, 0.1) is 0 Å². The summed E-state index contributed by atoms with van der Waals surface area (Å²) in [6, 6.07) is 8.23. The largest absolute Gasteiger partial charge is 0.389 e. The minimum Gasteiger partial charge on any atom is -0.389 e. The van der Waals surface area contributed by atoms with Crippen LogP contribution in [0.25, 0.3) is 5.69 Å². The first-order valence-electron chi connectivity index (χ1n) is 6.82. The van der Waals surface area contributed by atoms with Gasteiger partial charge < -0.3 is 5.73 Å². The summed E-state index contributed by atoms with van der Waals surface area (Å²) < 4.78 is 1.90. The minimum absolute atomic E-state index is 0.431. The Morgan fingerprint density at radius 1 is 1.45 bits per heavy atom. The lowest BCUT2D eigenvalue weighted by molar-refractivity contribution is 0.833. The van der Waals surface area contributed by atoms with Gasteiger partial charge in [-0.15, -0.1) is 11.8 Å². The average Bonchev–Trinajstić information content (AvgIpc) is 3.16. The third kappa shape index (κ3) is 2.60. The van der Waals surface area contributed by atoms with E-state index in [1.807, 2.05) is 23.0 Å². The van der Waals surface area contributed by atoms with Gasteiger partial charge in [0.05, 0.1) is 11.4 Å². The zero-order valence-electron chi connectivity index (χ0n) is 11.4. The van der Waals surface area contributed by atoms with E-state index in [9.17, 15) is 0 Å². The van der Waals surface area contributed by atoms with Gasteiger partial charge in [-0.3, -0.25) is 0 Å². The quantitative estimate of drug-likeness (QED) is 0.678. The summed E-state index contributed by atoms with van der Waals surface area (Å²) in [5, 5.41) is 4.68. The van der Waals surface area contributed by atoms with E-state index in [-0.39, 0.29) is 0 Å². The minimum atomic E-state index is 0.431. The molecule has 1 saturated carbocycles. The summed E-state index contributed by atoms with van der Waals surface area (Å²) in [6.45, 7) is 2.12. The van der Waals surface area contributed by atoms with E-state index in [0.717, 1.165) is 21.9 Å². The number of aromatic nitrogens is 2. The van der Waals surface area contributed by atoms with Crippen LogP contribution in [0.2, 0.25) is 0 Å². The summed E-state index contributed by atoms with van der Waals surface area (Å²) >= 11 is 7.00. The maximum Gasteiger partial charge on any atom is 0.107 e. The maximum atomic E-state index is 5.94. The Kier molecular flexibility index (Phi) is 3.81. The molecule has 1 aliphatic carbocycles. The molecule has 0 spiro atoms. The predicted molar refractivity (Wildman–Crippen MR) is 87.8 cm³/mol. The molecule has 1 aliphatic rings. The lowest BCUT2D eigenvalue weighted by Crippen LogP contribution is -2.15. The molecule has 0 radical (unpaired) electrons. The van der Waals surface area contributed by atoms with Crippen LogP contribution < -0.4 is 5.73 Å². The third-order valence-corrected chi connectivity index (χ3v) is 4.55. The van der Waals surface area contributed by atoms with Gasteiger partial charge in [-0.25, -0.2) is 4.68 Å². The van der Waals surface area contributed by atoms with Crippen molar-refractivity contribution in [2.24, 2.45) is 5.73 Å². The van der Waals surface area contributed by atoms with Gasteiger partial charge in [0, 0.05) is 22.6 Å². The molecule has 1 aromatic carbocycles. The van der Waals surface area contributed by atoms with E-state index in [1.54, 1.807) is 11.8 Å². The molecule has 0 unspecified atom stereocenters. The Morgan fingerprint density at radius 3 is 2.90 bits per heavy atom. The van der Waals surface area contributed by atoms with Crippen molar-refractivity contribution in [3.8, 4) is 5.69 Å². The normalized spacial score (nSPS) is 14.4. The van der Waals surface area contributed by atoms with Gasteiger partial charge in [0.15, 0.2) is 0 Å². The van der Waals surface area contributed by atoms with Crippen LogP contribution in [0.3, 0.4) is 0 Å². The molecule has 3 rings (SSSR count). The molecule has 1 aromatic heterocycles. The lowest BCUT2D eigenvalue weighted by Gasteiger charge is -2.13. The Bertz CT molecular complexity index is 644. The van der Waals surface area contributed by atoms with Crippen LogP contribution in [-0.2, 0) is 0 Å². The van der Waals surface area contributed by atoms with E-state index in [1.165, 1.54) is 18.5 Å². The Balaban J connectivity index is 2.06. The first-order chi connectivity index (χ1) is 9.70. The van der Waals surface area contributed by atoms with Crippen molar-refractivity contribution >= 4 is 29.0 Å². The first-order valence-corrected chi connectivity index (χ1v) is 8.21. The lowest BCUT2D eigenvalue weighted by atomic mass is 10.2. The topological polar surface area (TPSA) is 43.8 Å². The second kappa shape index (κ2) is 5.58. The molecule has 2 aromatic rings. The van der Waals surface area contributed by atoms with Crippen molar-refractivity contribution in [3.63, 3.8) is 0 Å². The van der Waals surface area contributed by atoms with Crippen LogP contribution in [-0.4, -0.2) is 20.5 Å². The van der Waals surface area contributed by atoms with Crippen LogP contribution in [0.4, 0.5) is 0 Å². The highest BCUT2D eigenvalue weighted by molar-refractivity contribution is 7.99. The number of benzene rings is 1. The number of nitrogens with two attached hydrogens (primary N) is 1. The molecular weight excluding hydrogens is 286 g/mol. The Labute approximate surface area is 128 Å². The van der Waals surface area contributed by atoms with E-state index >= 15 is 0 Å². The monoisotopic (exact) mass is 303 g/mol. The molecule has 0 aliphatic heterocycles. The number of rotatable bonds is 5. The van der Waals surface area contributed by atoms with Gasteiger partial charge in [-0.2, -0.15) is 5.10 Å². The Morgan fingerprint density at radius 2 is 2.25 bits per heavy atom. The number of thioether (sulfide) groups is 1. The molecule has 104 valence electrons. The van der Waals surface area contributed by atoms with Gasteiger partial charge in [0.1, 0.15) is 4.99 Å². The van der Waals surface area contributed by atoms with Gasteiger partial charge in [-0.1, -0.05) is 25.2 Å². The van der Waals surface area contributed by atoms with Gasteiger partial charge >= 0.3 is 0 Å². The maximum absolute atomic E-state index is 5.94. The molecule has 2 N–H and O–H groups in total. The molecular formula is C15H17N3S2. The second-order valence-corrected chi connectivity index (χ2v) is 6.65. The van der Waals surface area contributed by atoms with Gasteiger partial charge in [0.2, 0.25) is 0 Å². The van der Waals surface area contributed by atoms with Crippen molar-refractivity contribution in [3.05, 3.63) is 41.7 Å². The van der Waals surface area contributed by atoms with Crippen molar-refractivity contribution in [2.75, 3.05) is 5.75 Å². The molecule has 0 atom stereocenters. The second-order valence-electron chi connectivity index (χ2n) is 4.91. The van der Waals surface area contributed by atoms with Gasteiger partial charge in [-0.05, 0) is 36.8 Å². The highest BCUT2D eigenvalue weighted by Crippen LogP contribution is 2.39. The SMILES string of the molecule is CCSc1cccc(-n2ccc(C3CC3)n2)c1C(N)=S. The van der Waals surface area contributed by atoms with Crippen LogP contribution in [0.5, 0.6) is 0 Å². The van der Waals surface area contributed by atoms with Crippen LogP contribution >= 0.6 is 24.0 Å². The first kappa shape index (κ1) is 13.6. The molecule has 0 amide bonds. The fourth-order valence-corrected chi connectivity index (χ4v) is 3.43. The van der Waals surface area contributed by atoms with Crippen molar-refractivity contribution < 1.29 is 0 Å². The average molecular weight is 303 g/mol. The molecule has 1 heterocycles. The summed E-state index contributed by atoms with van der Waals surface area (Å²) in [5.74, 6) is 1.64. The zero-order chi connectivity index (χ0) is 14.1. The highest BCUT2D eigenvalue weighted by Gasteiger charge is 2.26. The Hall–Kier alpha value is -1.33. The summed E-state index contributed by atoms with van der Waals surface area (Å²) in [7, 11) is 0. The fraction of sp³-hybridized carbons (Fsp3) is 0.333. The van der Waals surface area contributed by atoms with Crippen molar-refractivity contribution in [2.45, 2.75) is 30.6 Å². The highest BCUT2D eigenvalue weighted by atomic mass is 32.2. The van der Waals surface area contributed by atoms with Crippen LogP contribution in [0.15, 0.2) is 35.4 Å². The summed E-state index contributed by atoms with van der Waals surface area (Å²) in [6.07, 6.45) is 4.51. The number of thiocarbonyl (C=S) groups is 1. The zero-order valence-corrected chi connectivity index (χ0v) is 13.0. The van der Waals surface area contributed by atoms with Crippen LogP contribution in [0.1, 0.15) is 36.9 Å². The van der Waals surface area contributed by atoms with Crippen molar-refractivity contribution in [1.29, 1.82) is 0 Å². The molecule has 0 saturated heterocycles. The number of nitrogens with zero attached hydrogens (tertiary/aromatic N) is 2. The standard InChI is InChI=1S/C15H17N3S2/c1-2-20-13-5-3-4-12(14(13)15(16)19)18-9-8-11(17-18)10-6-7-10/h3-5,8-10H,2,6-7H2,1H3,(H2,16,19). The smallest absolute Gasteiger partial charge is 0.107 e.